The third-order valence-electron chi connectivity index (χ3n) is 6.50. The second-order valence-electron chi connectivity index (χ2n) is 8.91. The van der Waals surface area contributed by atoms with Crippen LogP contribution >= 0.6 is 0 Å². The van der Waals surface area contributed by atoms with Crippen LogP contribution in [0.15, 0.2) is 60.7 Å². The number of amides is 4. The molecule has 0 radical (unpaired) electrons. The number of para-hydroxylation sites is 1. The average molecular weight is 449 g/mol. The number of piperidine rings is 2. The molecule has 2 aliphatic heterocycles. The molecule has 0 bridgehead atoms. The van der Waals surface area contributed by atoms with Gasteiger partial charge in [-0.05, 0) is 43.4 Å². The number of hydrogen-bond donors (Lipinski definition) is 2. The van der Waals surface area contributed by atoms with Gasteiger partial charge in [0.1, 0.15) is 0 Å². The van der Waals surface area contributed by atoms with E-state index in [4.69, 9.17) is 0 Å². The maximum absolute atomic E-state index is 12.9. The largest absolute Gasteiger partial charge is 0.353 e. The lowest BCUT2D eigenvalue weighted by Gasteiger charge is -2.35. The number of carbonyl (C=O) groups is 3. The van der Waals surface area contributed by atoms with Crippen LogP contribution in [0.4, 0.5) is 10.5 Å². The van der Waals surface area contributed by atoms with Crippen molar-refractivity contribution in [1.82, 2.24) is 15.1 Å². The quantitative estimate of drug-likeness (QED) is 0.737. The Bertz CT molecular complexity index is 943. The minimum absolute atomic E-state index is 0.0272. The monoisotopic (exact) mass is 448 g/mol. The summed E-state index contributed by atoms with van der Waals surface area (Å²) in [4.78, 5) is 41.7. The molecule has 2 saturated heterocycles. The minimum atomic E-state index is -0.169. The van der Waals surface area contributed by atoms with Gasteiger partial charge in [0.05, 0.1) is 12.3 Å². The molecule has 2 fully saturated rings. The van der Waals surface area contributed by atoms with Gasteiger partial charge in [-0.15, -0.1) is 0 Å². The van der Waals surface area contributed by atoms with Gasteiger partial charge in [-0.25, -0.2) is 4.79 Å². The highest BCUT2D eigenvalue weighted by atomic mass is 16.2. The summed E-state index contributed by atoms with van der Waals surface area (Å²) >= 11 is 0. The molecule has 0 aliphatic carbocycles. The van der Waals surface area contributed by atoms with Gasteiger partial charge in [-0.3, -0.25) is 9.59 Å². The Morgan fingerprint density at radius 3 is 2.18 bits per heavy atom. The molecule has 4 amide bonds. The van der Waals surface area contributed by atoms with Crippen LogP contribution in [0, 0.1) is 5.92 Å². The van der Waals surface area contributed by atoms with Gasteiger partial charge in [0.15, 0.2) is 0 Å². The summed E-state index contributed by atoms with van der Waals surface area (Å²) in [5.74, 6) is -0.0614. The zero-order valence-electron chi connectivity index (χ0n) is 18.9. The molecule has 4 rings (SSSR count). The minimum Gasteiger partial charge on any atom is -0.353 e. The second-order valence-corrected chi connectivity index (χ2v) is 8.91. The molecule has 2 N–H and O–H groups in total. The van der Waals surface area contributed by atoms with Crippen molar-refractivity contribution in [3.05, 3.63) is 66.2 Å². The summed E-state index contributed by atoms with van der Waals surface area (Å²) in [5, 5.41) is 6.09. The van der Waals surface area contributed by atoms with Crippen LogP contribution in [0.1, 0.15) is 31.2 Å². The van der Waals surface area contributed by atoms with E-state index in [-0.39, 0.29) is 29.8 Å². The second kappa shape index (κ2) is 11.0. The Morgan fingerprint density at radius 2 is 1.48 bits per heavy atom. The third-order valence-corrected chi connectivity index (χ3v) is 6.50. The standard InChI is InChI=1S/C26H32N4O3/c31-24(18-20-8-3-1-4-9-20)30-15-7-10-21(19-30)25(32)27-23-13-16-29(17-14-23)26(33)28-22-11-5-2-6-12-22/h1-6,8-9,11-12,21,23H,7,10,13-19H2,(H,27,32)(H,28,33). The van der Waals surface area contributed by atoms with Crippen LogP contribution in [0.5, 0.6) is 0 Å². The van der Waals surface area contributed by atoms with Crippen LogP contribution < -0.4 is 10.6 Å². The summed E-state index contributed by atoms with van der Waals surface area (Å²) in [6.07, 6.45) is 3.49. The number of nitrogens with zero attached hydrogens (tertiary/aromatic N) is 2. The van der Waals surface area contributed by atoms with Gasteiger partial charge in [-0.2, -0.15) is 0 Å². The summed E-state index contributed by atoms with van der Waals surface area (Å²) in [7, 11) is 0. The summed E-state index contributed by atoms with van der Waals surface area (Å²) in [5.41, 5.74) is 1.78. The van der Waals surface area contributed by atoms with E-state index in [2.05, 4.69) is 10.6 Å². The maximum atomic E-state index is 12.9. The van der Waals surface area contributed by atoms with Gasteiger partial charge in [0.25, 0.3) is 0 Å². The Kier molecular flexibility index (Phi) is 7.60. The molecule has 2 heterocycles. The first-order valence-electron chi connectivity index (χ1n) is 11.8. The Balaban J connectivity index is 1.21. The first kappa shape index (κ1) is 22.8. The molecule has 0 spiro atoms. The lowest BCUT2D eigenvalue weighted by atomic mass is 9.95. The van der Waals surface area contributed by atoms with Crippen molar-refractivity contribution in [3.8, 4) is 0 Å². The van der Waals surface area contributed by atoms with E-state index >= 15 is 0 Å². The van der Waals surface area contributed by atoms with Crippen molar-refractivity contribution < 1.29 is 14.4 Å². The van der Waals surface area contributed by atoms with E-state index < -0.39 is 0 Å². The third kappa shape index (κ3) is 6.34. The number of benzene rings is 2. The first-order chi connectivity index (χ1) is 16.1. The molecule has 1 unspecified atom stereocenters. The highest BCUT2D eigenvalue weighted by Gasteiger charge is 2.31. The van der Waals surface area contributed by atoms with E-state index in [9.17, 15) is 14.4 Å². The normalized spacial score (nSPS) is 19.1. The number of nitrogens with one attached hydrogen (secondary N) is 2. The molecule has 174 valence electrons. The molecule has 2 aromatic rings. The van der Waals surface area contributed by atoms with Crippen LogP contribution in [-0.4, -0.2) is 59.9 Å². The van der Waals surface area contributed by atoms with Crippen LogP contribution in [0.3, 0.4) is 0 Å². The van der Waals surface area contributed by atoms with E-state index in [1.165, 1.54) is 0 Å². The number of likely N-dealkylation sites (tertiary alicyclic amines) is 2. The average Bonchev–Trinajstić information content (AvgIpc) is 2.86. The molecule has 1 atom stereocenters. The van der Waals surface area contributed by atoms with Gasteiger partial charge < -0.3 is 20.4 Å². The maximum Gasteiger partial charge on any atom is 0.321 e. The number of anilines is 1. The van der Waals surface area contributed by atoms with Crippen molar-refractivity contribution in [2.75, 3.05) is 31.5 Å². The van der Waals surface area contributed by atoms with Gasteiger partial charge in [0.2, 0.25) is 11.8 Å². The van der Waals surface area contributed by atoms with Crippen molar-refractivity contribution in [3.63, 3.8) is 0 Å². The summed E-state index contributed by atoms with van der Waals surface area (Å²) in [6.45, 7) is 2.41. The molecule has 0 aromatic heterocycles. The molecule has 33 heavy (non-hydrogen) atoms. The molecular formula is C26H32N4O3. The highest BCUT2D eigenvalue weighted by Crippen LogP contribution is 2.20. The van der Waals surface area contributed by atoms with E-state index in [0.717, 1.165) is 36.9 Å². The molecule has 0 saturated carbocycles. The van der Waals surface area contributed by atoms with Crippen LogP contribution in [0.25, 0.3) is 0 Å². The van der Waals surface area contributed by atoms with Crippen molar-refractivity contribution in [1.29, 1.82) is 0 Å². The zero-order valence-corrected chi connectivity index (χ0v) is 18.9. The molecule has 2 aromatic carbocycles. The zero-order chi connectivity index (χ0) is 23.0. The summed E-state index contributed by atoms with van der Waals surface area (Å²) < 4.78 is 0. The van der Waals surface area contributed by atoms with Gasteiger partial charge in [-0.1, -0.05) is 48.5 Å². The van der Waals surface area contributed by atoms with Crippen molar-refractivity contribution in [2.24, 2.45) is 5.92 Å². The lowest BCUT2D eigenvalue weighted by Crippen LogP contribution is -2.51. The number of hydrogen-bond acceptors (Lipinski definition) is 3. The predicted octanol–water partition coefficient (Wildman–Crippen LogP) is 3.28. The molecule has 2 aliphatic rings. The Morgan fingerprint density at radius 1 is 0.818 bits per heavy atom. The lowest BCUT2D eigenvalue weighted by molar-refractivity contribution is -0.135. The number of urea groups is 1. The molecular weight excluding hydrogens is 416 g/mol. The first-order valence-corrected chi connectivity index (χ1v) is 11.8. The SMILES string of the molecule is O=C(NC1CCN(C(=O)Nc2ccccc2)CC1)C1CCCN(C(=O)Cc2ccccc2)C1. The van der Waals surface area contributed by atoms with Crippen LogP contribution in [-0.2, 0) is 16.0 Å². The Hall–Kier alpha value is -3.35. The molecule has 7 heteroatoms. The predicted molar refractivity (Wildman–Crippen MR) is 128 cm³/mol. The number of carbonyl (C=O) groups excluding carboxylic acids is 3. The van der Waals surface area contributed by atoms with Crippen molar-refractivity contribution in [2.45, 2.75) is 38.1 Å². The fourth-order valence-corrected chi connectivity index (χ4v) is 4.57. The topological polar surface area (TPSA) is 81.8 Å². The van der Waals surface area contributed by atoms with E-state index in [0.29, 0.717) is 32.6 Å². The van der Waals surface area contributed by atoms with Crippen molar-refractivity contribution >= 4 is 23.5 Å². The van der Waals surface area contributed by atoms with Gasteiger partial charge in [0, 0.05) is 37.9 Å². The highest BCUT2D eigenvalue weighted by molar-refractivity contribution is 5.89. The van der Waals surface area contributed by atoms with E-state index in [1.807, 2.05) is 65.6 Å². The van der Waals surface area contributed by atoms with Gasteiger partial charge >= 0.3 is 6.03 Å². The number of rotatable bonds is 5. The fourth-order valence-electron chi connectivity index (χ4n) is 4.57. The van der Waals surface area contributed by atoms with Crippen LogP contribution in [0.2, 0.25) is 0 Å². The molecule has 7 nitrogen and oxygen atoms in total. The van der Waals surface area contributed by atoms with E-state index in [1.54, 1.807) is 4.90 Å². The summed E-state index contributed by atoms with van der Waals surface area (Å²) in [6, 6.07) is 19.1. The Labute approximate surface area is 195 Å². The fraction of sp³-hybridized carbons (Fsp3) is 0.423. The smallest absolute Gasteiger partial charge is 0.321 e.